The van der Waals surface area contributed by atoms with Gasteiger partial charge in [-0.1, -0.05) is 90.1 Å². The lowest BCUT2D eigenvalue weighted by Crippen LogP contribution is -2.12. The summed E-state index contributed by atoms with van der Waals surface area (Å²) in [5, 5.41) is 7.07. The Bertz CT molecular complexity index is 2160. The molecular formula is C40H38N4O. The first-order chi connectivity index (χ1) is 21.5. The number of aromatic nitrogens is 4. The number of hydrogen-bond acceptors (Lipinski definition) is 3. The van der Waals surface area contributed by atoms with E-state index in [9.17, 15) is 0 Å². The number of rotatable bonds is 5. The smallest absolute Gasteiger partial charge is 0.137 e. The topological polar surface area (TPSA) is 44.9 Å². The van der Waals surface area contributed by atoms with Crippen LogP contribution in [0, 0.1) is 0 Å². The maximum Gasteiger partial charge on any atom is 0.137 e. The first-order valence-electron chi connectivity index (χ1n) is 15.5. The summed E-state index contributed by atoms with van der Waals surface area (Å²) in [5.74, 6) is 2.43. The van der Waals surface area contributed by atoms with E-state index in [1.54, 1.807) is 0 Å². The molecule has 0 unspecified atom stereocenters. The lowest BCUT2D eigenvalue weighted by Gasteiger charge is -2.21. The van der Waals surface area contributed by atoms with E-state index >= 15 is 0 Å². The second kappa shape index (κ2) is 10.8. The third-order valence-corrected chi connectivity index (χ3v) is 8.43. The number of fused-ring (bicyclic) bond motifs is 3. The average molecular weight is 591 g/mol. The molecule has 0 atom stereocenters. The molecule has 0 saturated heterocycles. The summed E-state index contributed by atoms with van der Waals surface area (Å²) in [6, 6.07) is 35.9. The van der Waals surface area contributed by atoms with Gasteiger partial charge in [-0.3, -0.25) is 4.57 Å². The first kappa shape index (κ1) is 28.6. The van der Waals surface area contributed by atoms with E-state index < -0.39 is 0 Å². The SMILES string of the molecule is CC(C)(C)c1cc(Oc2ccc3c4ccccc4n(-c4cc(C(C)(C)C)ccn4)c3c2)cc(-n2cc(-c3ccccc3)cn2)c1. The summed E-state index contributed by atoms with van der Waals surface area (Å²) >= 11 is 0. The van der Waals surface area contributed by atoms with E-state index in [1.807, 2.05) is 35.3 Å². The average Bonchev–Trinajstić information content (AvgIpc) is 3.64. The van der Waals surface area contributed by atoms with Gasteiger partial charge >= 0.3 is 0 Å². The zero-order valence-corrected chi connectivity index (χ0v) is 26.7. The molecule has 0 bridgehead atoms. The molecule has 0 radical (unpaired) electrons. The molecule has 45 heavy (non-hydrogen) atoms. The summed E-state index contributed by atoms with van der Waals surface area (Å²) in [5.41, 5.74) is 7.68. The molecule has 0 saturated carbocycles. The molecular weight excluding hydrogens is 552 g/mol. The van der Waals surface area contributed by atoms with Gasteiger partial charge in [-0.05, 0) is 70.0 Å². The standard InChI is InChI=1S/C40H38N4O/c1-39(2,3)29-18-19-41-38(22-29)44-36-15-11-10-14-34(36)35-17-16-32(24-37(35)44)45-33-21-30(40(4,5)6)20-31(23-33)43-26-28(25-42-43)27-12-8-7-9-13-27/h7-26H,1-6H3. The summed E-state index contributed by atoms with van der Waals surface area (Å²) in [6.45, 7) is 13.4. The van der Waals surface area contributed by atoms with Gasteiger partial charge in [0.25, 0.3) is 0 Å². The Morgan fingerprint density at radius 3 is 2.11 bits per heavy atom. The van der Waals surface area contributed by atoms with Crippen molar-refractivity contribution in [1.82, 2.24) is 19.3 Å². The highest BCUT2D eigenvalue weighted by atomic mass is 16.5. The number of benzene rings is 4. The molecule has 0 aliphatic rings. The Balaban J connectivity index is 1.33. The van der Waals surface area contributed by atoms with E-state index in [0.29, 0.717) is 0 Å². The number of pyridine rings is 1. The van der Waals surface area contributed by atoms with Gasteiger partial charge in [0.2, 0.25) is 0 Å². The molecule has 5 nitrogen and oxygen atoms in total. The van der Waals surface area contributed by atoms with Crippen LogP contribution in [0.2, 0.25) is 0 Å². The third-order valence-electron chi connectivity index (χ3n) is 8.43. The molecule has 5 heteroatoms. The highest BCUT2D eigenvalue weighted by molar-refractivity contribution is 6.09. The first-order valence-corrected chi connectivity index (χ1v) is 15.5. The molecule has 3 heterocycles. The van der Waals surface area contributed by atoms with E-state index in [-0.39, 0.29) is 10.8 Å². The number of nitrogens with zero attached hydrogens (tertiary/aromatic N) is 4. The highest BCUT2D eigenvalue weighted by Crippen LogP contribution is 2.37. The van der Waals surface area contributed by atoms with Crippen LogP contribution in [-0.2, 0) is 10.8 Å². The fraction of sp³-hybridized carbons (Fsp3) is 0.200. The maximum atomic E-state index is 6.67. The highest BCUT2D eigenvalue weighted by Gasteiger charge is 2.20. The van der Waals surface area contributed by atoms with E-state index in [4.69, 9.17) is 14.8 Å². The van der Waals surface area contributed by atoms with Crippen molar-refractivity contribution in [3.8, 4) is 34.1 Å². The largest absolute Gasteiger partial charge is 0.457 e. The Hall–Kier alpha value is -5.16. The van der Waals surface area contributed by atoms with Crippen LogP contribution in [0.3, 0.4) is 0 Å². The second-order valence-electron chi connectivity index (χ2n) is 13.8. The minimum absolute atomic E-state index is 0.0108. The normalized spacial score (nSPS) is 12.2. The molecule has 7 aromatic rings. The van der Waals surface area contributed by atoms with Gasteiger partial charge in [0.1, 0.15) is 17.3 Å². The van der Waals surface area contributed by atoms with Crippen molar-refractivity contribution in [3.05, 3.63) is 133 Å². The van der Waals surface area contributed by atoms with Gasteiger partial charge in [-0.15, -0.1) is 0 Å². The Kier molecular flexibility index (Phi) is 6.85. The van der Waals surface area contributed by atoms with Gasteiger partial charge in [-0.2, -0.15) is 5.10 Å². The summed E-state index contributed by atoms with van der Waals surface area (Å²) < 4.78 is 10.8. The lowest BCUT2D eigenvalue weighted by molar-refractivity contribution is 0.478. The van der Waals surface area contributed by atoms with Crippen LogP contribution >= 0.6 is 0 Å². The van der Waals surface area contributed by atoms with Crippen LogP contribution in [0.4, 0.5) is 0 Å². The Morgan fingerprint density at radius 2 is 1.33 bits per heavy atom. The Labute approximate surface area is 264 Å². The molecule has 0 aliphatic heterocycles. The van der Waals surface area contributed by atoms with Crippen LogP contribution in [0.25, 0.3) is 44.4 Å². The van der Waals surface area contributed by atoms with Crippen molar-refractivity contribution < 1.29 is 4.74 Å². The van der Waals surface area contributed by atoms with Gasteiger partial charge < -0.3 is 4.74 Å². The molecule has 0 aliphatic carbocycles. The molecule has 0 N–H and O–H groups in total. The van der Waals surface area contributed by atoms with Crippen LogP contribution in [-0.4, -0.2) is 19.3 Å². The monoisotopic (exact) mass is 590 g/mol. The number of hydrogen-bond donors (Lipinski definition) is 0. The fourth-order valence-corrected chi connectivity index (χ4v) is 5.86. The fourth-order valence-electron chi connectivity index (χ4n) is 5.86. The minimum atomic E-state index is -0.0797. The van der Waals surface area contributed by atoms with Gasteiger partial charge in [-0.25, -0.2) is 9.67 Å². The lowest BCUT2D eigenvalue weighted by atomic mass is 9.86. The van der Waals surface area contributed by atoms with E-state index in [1.165, 1.54) is 16.5 Å². The number of ether oxygens (including phenoxy) is 1. The van der Waals surface area contributed by atoms with E-state index in [0.717, 1.165) is 50.6 Å². The van der Waals surface area contributed by atoms with Crippen LogP contribution in [0.1, 0.15) is 52.7 Å². The van der Waals surface area contributed by atoms with E-state index in [2.05, 4.69) is 137 Å². The quantitative estimate of drug-likeness (QED) is 0.200. The molecule has 7 rings (SSSR count). The minimum Gasteiger partial charge on any atom is -0.457 e. The molecule has 224 valence electrons. The van der Waals surface area contributed by atoms with Crippen molar-refractivity contribution in [2.24, 2.45) is 0 Å². The van der Waals surface area contributed by atoms with Crippen LogP contribution < -0.4 is 4.74 Å². The molecule has 0 spiro atoms. The van der Waals surface area contributed by atoms with Crippen molar-refractivity contribution in [2.45, 2.75) is 52.4 Å². The predicted molar refractivity (Wildman–Crippen MR) is 185 cm³/mol. The number of para-hydroxylation sites is 1. The summed E-state index contributed by atoms with van der Waals surface area (Å²) in [4.78, 5) is 4.83. The van der Waals surface area contributed by atoms with Crippen LogP contribution in [0.15, 0.2) is 122 Å². The summed E-state index contributed by atoms with van der Waals surface area (Å²) in [6.07, 6.45) is 5.90. The van der Waals surface area contributed by atoms with Gasteiger partial charge in [0.05, 0.1) is 22.9 Å². The molecule has 0 amide bonds. The molecule has 4 aromatic carbocycles. The third kappa shape index (κ3) is 5.51. The van der Waals surface area contributed by atoms with Crippen molar-refractivity contribution >= 4 is 21.8 Å². The Morgan fingerprint density at radius 1 is 0.600 bits per heavy atom. The zero-order valence-electron chi connectivity index (χ0n) is 26.7. The van der Waals surface area contributed by atoms with Gasteiger partial charge in [0, 0.05) is 40.9 Å². The zero-order chi connectivity index (χ0) is 31.3. The van der Waals surface area contributed by atoms with Crippen molar-refractivity contribution in [3.63, 3.8) is 0 Å². The van der Waals surface area contributed by atoms with Crippen molar-refractivity contribution in [1.29, 1.82) is 0 Å². The predicted octanol–water partition coefficient (Wildman–Crippen LogP) is 10.4. The maximum absolute atomic E-state index is 6.67. The van der Waals surface area contributed by atoms with Crippen LogP contribution in [0.5, 0.6) is 11.5 Å². The molecule has 3 aromatic heterocycles. The molecule has 0 fully saturated rings. The van der Waals surface area contributed by atoms with Crippen molar-refractivity contribution in [2.75, 3.05) is 0 Å². The summed E-state index contributed by atoms with van der Waals surface area (Å²) in [7, 11) is 0. The second-order valence-corrected chi connectivity index (χ2v) is 13.8. The van der Waals surface area contributed by atoms with Gasteiger partial charge in [0.15, 0.2) is 0 Å².